The van der Waals surface area contributed by atoms with Gasteiger partial charge < -0.3 is 0 Å². The highest BCUT2D eigenvalue weighted by Crippen LogP contribution is 1.95. The van der Waals surface area contributed by atoms with Gasteiger partial charge in [0, 0.05) is 12.0 Å². The van der Waals surface area contributed by atoms with E-state index < -0.39 is 0 Å². The molecule has 0 N–H and O–H groups in total. The molecule has 1 nitrogen and oxygen atoms in total. The molecule has 1 heteroatoms. The molecule has 0 rings (SSSR count). The summed E-state index contributed by atoms with van der Waals surface area (Å²) in [4.78, 5) is 9.84. The van der Waals surface area contributed by atoms with E-state index in [4.69, 9.17) is 0 Å². The maximum atomic E-state index is 9.84. The minimum absolute atomic E-state index is 0.556. The molecule has 0 radical (unpaired) electrons. The van der Waals surface area contributed by atoms with Crippen molar-refractivity contribution in [2.24, 2.45) is 0 Å². The van der Waals surface area contributed by atoms with E-state index in [-0.39, 0.29) is 0 Å². The first-order valence-corrected chi connectivity index (χ1v) is 2.32. The lowest BCUT2D eigenvalue weighted by molar-refractivity contribution is 0.567. The highest BCUT2D eigenvalue weighted by molar-refractivity contribution is 5.57. The normalized spacial score (nSPS) is 7.00. The summed E-state index contributed by atoms with van der Waals surface area (Å²) in [6.45, 7) is 6.85. The van der Waals surface area contributed by atoms with Crippen LogP contribution in [0, 0.1) is 0 Å². The molecular weight excluding hydrogens is 100 g/mol. The molecule has 0 aromatic heterocycles. The molecule has 0 bridgehead atoms. The van der Waals surface area contributed by atoms with Gasteiger partial charge in [0.2, 0.25) is 0 Å². The molecule has 42 valence electrons. The van der Waals surface area contributed by atoms with Gasteiger partial charge >= 0.3 is 0 Å². The van der Waals surface area contributed by atoms with E-state index in [2.05, 4.69) is 13.2 Å². The van der Waals surface area contributed by atoms with Crippen molar-refractivity contribution in [3.05, 3.63) is 30.9 Å². The zero-order valence-electron chi connectivity index (χ0n) is 4.68. The molecular formula is C7H8O. The fourth-order valence-electron chi connectivity index (χ4n) is 0.322. The van der Waals surface area contributed by atoms with Crippen LogP contribution in [0.3, 0.4) is 0 Å². The summed E-state index contributed by atoms with van der Waals surface area (Å²) in [6, 6.07) is 0. The van der Waals surface area contributed by atoms with Crippen molar-refractivity contribution in [1.82, 2.24) is 0 Å². The second kappa shape index (κ2) is 4.10. The van der Waals surface area contributed by atoms with E-state index >= 15 is 0 Å². The van der Waals surface area contributed by atoms with Gasteiger partial charge in [-0.05, 0) is 0 Å². The van der Waals surface area contributed by atoms with Crippen LogP contribution in [0.5, 0.6) is 0 Å². The van der Waals surface area contributed by atoms with Gasteiger partial charge in [0.05, 0.1) is 0 Å². The van der Waals surface area contributed by atoms with Crippen molar-refractivity contribution >= 4 is 5.94 Å². The van der Waals surface area contributed by atoms with Crippen LogP contribution in [0.4, 0.5) is 0 Å². The van der Waals surface area contributed by atoms with Crippen LogP contribution in [0.25, 0.3) is 0 Å². The smallest absolute Gasteiger partial charge is 0.128 e. The first-order chi connectivity index (χ1) is 3.85. The number of carbonyl (C=O) groups excluding carboxylic acids is 1. The quantitative estimate of drug-likeness (QED) is 0.304. The Morgan fingerprint density at radius 3 is 2.38 bits per heavy atom. The van der Waals surface area contributed by atoms with Crippen LogP contribution in [0.1, 0.15) is 6.42 Å². The Morgan fingerprint density at radius 2 is 2.25 bits per heavy atom. The topological polar surface area (TPSA) is 17.1 Å². The van der Waals surface area contributed by atoms with Gasteiger partial charge in [0.15, 0.2) is 0 Å². The first-order valence-electron chi connectivity index (χ1n) is 2.32. The van der Waals surface area contributed by atoms with Gasteiger partial charge in [-0.25, -0.2) is 4.79 Å². The van der Waals surface area contributed by atoms with Crippen LogP contribution >= 0.6 is 0 Å². The Kier molecular flexibility index (Phi) is 3.55. The number of hydrogen-bond acceptors (Lipinski definition) is 1. The van der Waals surface area contributed by atoms with Gasteiger partial charge in [-0.3, -0.25) is 0 Å². The van der Waals surface area contributed by atoms with E-state index in [9.17, 15) is 4.79 Å². The Morgan fingerprint density at radius 1 is 1.62 bits per heavy atom. The Labute approximate surface area is 49.0 Å². The highest BCUT2D eigenvalue weighted by Gasteiger charge is 1.83. The van der Waals surface area contributed by atoms with Crippen molar-refractivity contribution in [2.45, 2.75) is 6.42 Å². The van der Waals surface area contributed by atoms with Gasteiger partial charge in [-0.1, -0.05) is 18.7 Å². The van der Waals surface area contributed by atoms with Crippen LogP contribution in [0.2, 0.25) is 0 Å². The third-order valence-electron chi connectivity index (χ3n) is 0.742. The fourth-order valence-corrected chi connectivity index (χ4v) is 0.322. The van der Waals surface area contributed by atoms with E-state index in [0.29, 0.717) is 12.0 Å². The predicted octanol–water partition coefficient (Wildman–Crippen LogP) is 1.51. The summed E-state index contributed by atoms with van der Waals surface area (Å²) in [5, 5.41) is 0. The molecule has 0 spiro atoms. The Bertz CT molecular complexity index is 138. The zero-order valence-corrected chi connectivity index (χ0v) is 4.68. The minimum Gasteiger partial charge on any atom is -0.233 e. The van der Waals surface area contributed by atoms with E-state index in [1.54, 1.807) is 12.0 Å². The molecule has 8 heavy (non-hydrogen) atoms. The molecule has 0 aromatic carbocycles. The largest absolute Gasteiger partial charge is 0.233 e. The molecule has 0 amide bonds. The summed E-state index contributed by atoms with van der Waals surface area (Å²) < 4.78 is 0. The second-order valence-corrected chi connectivity index (χ2v) is 1.32. The van der Waals surface area contributed by atoms with E-state index in [0.717, 1.165) is 0 Å². The summed E-state index contributed by atoms with van der Waals surface area (Å²) in [5.41, 5.74) is 0.556. The van der Waals surface area contributed by atoms with Crippen LogP contribution < -0.4 is 0 Å². The average molecular weight is 108 g/mol. The summed E-state index contributed by atoms with van der Waals surface area (Å²) in [6.07, 6.45) is 3.68. The minimum atomic E-state index is 0.556. The molecule has 0 aliphatic carbocycles. The standard InChI is InChI=1S/C7H8O/c1-3-5-7(4-2)6-8/h3-4H,1-2,5H2. The monoisotopic (exact) mass is 108 g/mol. The van der Waals surface area contributed by atoms with Crippen molar-refractivity contribution in [2.75, 3.05) is 0 Å². The van der Waals surface area contributed by atoms with Crippen LogP contribution in [-0.2, 0) is 4.79 Å². The molecule has 0 heterocycles. The number of hydrogen-bond donors (Lipinski definition) is 0. The lowest BCUT2D eigenvalue weighted by atomic mass is 10.2. The van der Waals surface area contributed by atoms with Crippen molar-refractivity contribution in [1.29, 1.82) is 0 Å². The highest BCUT2D eigenvalue weighted by atomic mass is 16.1. The maximum Gasteiger partial charge on any atom is 0.128 e. The third kappa shape index (κ3) is 2.17. The third-order valence-corrected chi connectivity index (χ3v) is 0.742. The molecule has 0 atom stereocenters. The second-order valence-electron chi connectivity index (χ2n) is 1.32. The van der Waals surface area contributed by atoms with Gasteiger partial charge in [0.25, 0.3) is 0 Å². The predicted molar refractivity (Wildman–Crippen MR) is 34.2 cm³/mol. The summed E-state index contributed by atoms with van der Waals surface area (Å²) >= 11 is 0. The molecule has 0 unspecified atom stereocenters. The van der Waals surface area contributed by atoms with Gasteiger partial charge in [-0.15, -0.1) is 6.58 Å². The summed E-state index contributed by atoms with van der Waals surface area (Å²) in [7, 11) is 0. The molecule has 0 fully saturated rings. The Hall–Kier alpha value is -1.07. The van der Waals surface area contributed by atoms with Gasteiger partial charge in [-0.2, -0.15) is 0 Å². The van der Waals surface area contributed by atoms with Gasteiger partial charge in [0.1, 0.15) is 5.94 Å². The van der Waals surface area contributed by atoms with Crippen molar-refractivity contribution in [3.63, 3.8) is 0 Å². The zero-order chi connectivity index (χ0) is 6.41. The van der Waals surface area contributed by atoms with E-state index in [1.165, 1.54) is 6.08 Å². The van der Waals surface area contributed by atoms with E-state index in [1.807, 2.05) is 0 Å². The molecule has 0 aromatic rings. The van der Waals surface area contributed by atoms with Crippen LogP contribution in [0.15, 0.2) is 30.9 Å². The molecule has 0 aliphatic heterocycles. The number of allylic oxidation sites excluding steroid dienone is 3. The maximum absolute atomic E-state index is 9.84. The first kappa shape index (κ1) is 6.93. The number of rotatable bonds is 3. The Balaban J connectivity index is 3.91. The van der Waals surface area contributed by atoms with Crippen LogP contribution in [-0.4, -0.2) is 5.94 Å². The lowest BCUT2D eigenvalue weighted by Gasteiger charge is -1.82. The molecule has 0 saturated heterocycles. The van der Waals surface area contributed by atoms with Crippen molar-refractivity contribution < 1.29 is 4.79 Å². The molecule has 0 saturated carbocycles. The summed E-state index contributed by atoms with van der Waals surface area (Å²) in [5.74, 6) is 1.73. The molecule has 0 aliphatic rings. The fraction of sp³-hybridized carbons (Fsp3) is 0.143. The average Bonchev–Trinajstić information content (AvgIpc) is 1.83. The SMILES string of the molecule is C=CCC(=C=O)C=C. The lowest BCUT2D eigenvalue weighted by Crippen LogP contribution is -1.72. The van der Waals surface area contributed by atoms with Crippen molar-refractivity contribution in [3.8, 4) is 0 Å².